The maximum atomic E-state index is 12.8. The molecule has 0 unspecified atom stereocenters. The van der Waals surface area contributed by atoms with Crippen LogP contribution in [0.2, 0.25) is 10.0 Å². The van der Waals surface area contributed by atoms with Gasteiger partial charge in [0.25, 0.3) is 5.56 Å². The van der Waals surface area contributed by atoms with E-state index in [-0.39, 0.29) is 32.0 Å². The molecule has 4 rings (SSSR count). The lowest BCUT2D eigenvalue weighted by molar-refractivity contribution is 0.143. The molecule has 0 atom stereocenters. The highest BCUT2D eigenvalue weighted by atomic mass is 35.5. The predicted molar refractivity (Wildman–Crippen MR) is 134 cm³/mol. The molecular weight excluding hydrogens is 499 g/mol. The van der Waals surface area contributed by atoms with Gasteiger partial charge in [0.15, 0.2) is 0 Å². The third-order valence-corrected chi connectivity index (χ3v) is 6.30. The fourth-order valence-electron chi connectivity index (χ4n) is 3.31. The second kappa shape index (κ2) is 8.58. The number of sulfonamides is 1. The van der Waals surface area contributed by atoms with Crippen molar-refractivity contribution in [2.75, 3.05) is 5.32 Å². The van der Waals surface area contributed by atoms with Gasteiger partial charge in [-0.1, -0.05) is 35.0 Å². The van der Waals surface area contributed by atoms with Crippen LogP contribution in [0, 0.1) is 11.8 Å². The average molecular weight is 517 g/mol. The summed E-state index contributed by atoms with van der Waals surface area (Å²) in [4.78, 5) is 19.8. The van der Waals surface area contributed by atoms with Crippen molar-refractivity contribution in [1.82, 2.24) is 9.97 Å². The molecule has 0 saturated heterocycles. The van der Waals surface area contributed by atoms with Crippen molar-refractivity contribution in [3.05, 3.63) is 68.6 Å². The van der Waals surface area contributed by atoms with Gasteiger partial charge in [-0.05, 0) is 50.2 Å². The standard InChI is InChI=1S/C23H18Cl2N4O4S/c1-23(2,31)7-5-12-3-4-18-15(9-12)19-14(6-8-27-22(19)30)21(28-18)29-20-16(24)10-13(11-17(20)25)34(26,32)33/h3-4,6,8-11,31H,1-2H3,(H,27,30)(H,28,29)(H2,26,32,33). The smallest absolute Gasteiger partial charge is 0.256 e. The molecule has 2 heterocycles. The first-order chi connectivity index (χ1) is 15.8. The lowest BCUT2D eigenvalue weighted by Crippen LogP contribution is -2.14. The van der Waals surface area contributed by atoms with Gasteiger partial charge in [0.2, 0.25) is 10.0 Å². The Morgan fingerprint density at radius 1 is 1.12 bits per heavy atom. The van der Waals surface area contributed by atoms with Crippen molar-refractivity contribution < 1.29 is 13.5 Å². The maximum Gasteiger partial charge on any atom is 0.256 e. The number of aliphatic hydroxyl groups is 1. The van der Waals surface area contributed by atoms with Crippen LogP contribution in [0.25, 0.3) is 21.7 Å². The van der Waals surface area contributed by atoms with E-state index >= 15 is 0 Å². The molecule has 0 radical (unpaired) electrons. The first-order valence-corrected chi connectivity index (χ1v) is 12.1. The summed E-state index contributed by atoms with van der Waals surface area (Å²) in [5, 5.41) is 19.5. The third-order valence-electron chi connectivity index (χ3n) is 4.81. The quantitative estimate of drug-likeness (QED) is 0.240. The minimum Gasteiger partial charge on any atom is -0.378 e. The van der Waals surface area contributed by atoms with E-state index in [4.69, 9.17) is 28.3 Å². The number of hydrogen-bond donors (Lipinski definition) is 4. The van der Waals surface area contributed by atoms with Crippen LogP contribution in [0.5, 0.6) is 0 Å². The zero-order valence-corrected chi connectivity index (χ0v) is 20.2. The van der Waals surface area contributed by atoms with E-state index in [0.29, 0.717) is 27.2 Å². The zero-order chi connectivity index (χ0) is 24.8. The van der Waals surface area contributed by atoms with Gasteiger partial charge in [-0.2, -0.15) is 0 Å². The van der Waals surface area contributed by atoms with Gasteiger partial charge in [-0.3, -0.25) is 4.79 Å². The molecule has 34 heavy (non-hydrogen) atoms. The predicted octanol–water partition coefficient (Wildman–Crippen LogP) is 3.90. The van der Waals surface area contributed by atoms with Crippen LogP contribution in [0.3, 0.4) is 0 Å². The molecule has 0 saturated carbocycles. The molecular formula is C23H18Cl2N4O4S. The molecule has 5 N–H and O–H groups in total. The number of aromatic nitrogens is 2. The fraction of sp³-hybridized carbons (Fsp3) is 0.130. The summed E-state index contributed by atoms with van der Waals surface area (Å²) in [7, 11) is -4.01. The molecule has 2 aromatic heterocycles. The number of aromatic amines is 1. The highest BCUT2D eigenvalue weighted by Gasteiger charge is 2.18. The lowest BCUT2D eigenvalue weighted by atomic mass is 10.0. The molecule has 0 spiro atoms. The van der Waals surface area contributed by atoms with Gasteiger partial charge in [0.1, 0.15) is 11.4 Å². The number of primary sulfonamides is 1. The second-order valence-electron chi connectivity index (χ2n) is 8.03. The number of hydrogen-bond acceptors (Lipinski definition) is 6. The number of benzene rings is 2. The first kappa shape index (κ1) is 24.0. The van der Waals surface area contributed by atoms with Crippen molar-refractivity contribution in [2.45, 2.75) is 24.3 Å². The Morgan fingerprint density at radius 2 is 1.79 bits per heavy atom. The van der Waals surface area contributed by atoms with E-state index in [1.54, 1.807) is 38.1 Å². The Morgan fingerprint density at radius 3 is 2.41 bits per heavy atom. The van der Waals surface area contributed by atoms with E-state index in [2.05, 4.69) is 27.1 Å². The topological polar surface area (TPSA) is 138 Å². The summed E-state index contributed by atoms with van der Waals surface area (Å²) < 4.78 is 23.3. The molecule has 0 bridgehead atoms. The number of H-pyrrole nitrogens is 1. The molecule has 174 valence electrons. The second-order valence-corrected chi connectivity index (χ2v) is 10.4. The van der Waals surface area contributed by atoms with Crippen LogP contribution in [0.4, 0.5) is 11.5 Å². The van der Waals surface area contributed by atoms with Gasteiger partial charge in [-0.25, -0.2) is 18.5 Å². The summed E-state index contributed by atoms with van der Waals surface area (Å²) in [5.41, 5.74) is -0.211. The summed E-state index contributed by atoms with van der Waals surface area (Å²) in [6.45, 7) is 3.15. The first-order valence-electron chi connectivity index (χ1n) is 9.83. The van der Waals surface area contributed by atoms with Gasteiger partial charge >= 0.3 is 0 Å². The van der Waals surface area contributed by atoms with Crippen molar-refractivity contribution in [2.24, 2.45) is 5.14 Å². The van der Waals surface area contributed by atoms with Crippen molar-refractivity contribution in [3.63, 3.8) is 0 Å². The number of nitrogens with zero attached hydrogens (tertiary/aromatic N) is 1. The number of rotatable bonds is 3. The molecule has 4 aromatic rings. The molecule has 0 aliphatic rings. The number of nitrogens with two attached hydrogens (primary N) is 1. The van der Waals surface area contributed by atoms with E-state index in [1.807, 2.05) is 0 Å². The fourth-order valence-corrected chi connectivity index (χ4v) is 4.58. The Bertz CT molecular complexity index is 1680. The number of pyridine rings is 2. The van der Waals surface area contributed by atoms with Crippen LogP contribution in [-0.2, 0) is 10.0 Å². The Labute approximate surface area is 204 Å². The summed E-state index contributed by atoms with van der Waals surface area (Å²) in [5.74, 6) is 5.93. The van der Waals surface area contributed by atoms with Gasteiger partial charge in [0.05, 0.1) is 31.5 Å². The van der Waals surface area contributed by atoms with Crippen LogP contribution in [-0.4, -0.2) is 29.1 Å². The summed E-state index contributed by atoms with van der Waals surface area (Å²) >= 11 is 12.6. The largest absolute Gasteiger partial charge is 0.378 e. The van der Waals surface area contributed by atoms with Crippen LogP contribution >= 0.6 is 23.2 Å². The average Bonchev–Trinajstić information content (AvgIpc) is 2.73. The number of anilines is 2. The lowest BCUT2D eigenvalue weighted by Gasteiger charge is -2.14. The van der Waals surface area contributed by atoms with Crippen molar-refractivity contribution >= 4 is 66.4 Å². The van der Waals surface area contributed by atoms with E-state index in [9.17, 15) is 18.3 Å². The van der Waals surface area contributed by atoms with Crippen LogP contribution in [0.1, 0.15) is 19.4 Å². The van der Waals surface area contributed by atoms with Crippen molar-refractivity contribution in [3.8, 4) is 11.8 Å². The Balaban J connectivity index is 1.92. The number of halogens is 2. The van der Waals surface area contributed by atoms with Gasteiger partial charge in [-0.15, -0.1) is 0 Å². The van der Waals surface area contributed by atoms with E-state index < -0.39 is 15.6 Å². The van der Waals surface area contributed by atoms with E-state index in [1.165, 1.54) is 18.3 Å². The van der Waals surface area contributed by atoms with Gasteiger partial charge < -0.3 is 15.4 Å². The molecule has 0 fully saturated rings. The summed E-state index contributed by atoms with van der Waals surface area (Å²) in [6.07, 6.45) is 1.48. The molecule has 8 nitrogen and oxygen atoms in total. The maximum absolute atomic E-state index is 12.8. The molecule has 2 aromatic carbocycles. The number of fused-ring (bicyclic) bond motifs is 3. The monoisotopic (exact) mass is 516 g/mol. The Hall–Kier alpha value is -3.13. The number of nitrogens with one attached hydrogen (secondary N) is 2. The molecule has 0 amide bonds. The third kappa shape index (κ3) is 4.87. The highest BCUT2D eigenvalue weighted by molar-refractivity contribution is 7.89. The SMILES string of the molecule is CC(C)(O)C#Cc1ccc2nc(Nc3c(Cl)cc(S(N)(=O)=O)cc3Cl)c3cc[nH]c(=O)c3c2c1. The Kier molecular flexibility index (Phi) is 6.06. The normalized spacial score (nSPS) is 11.9. The van der Waals surface area contributed by atoms with Gasteiger partial charge in [0, 0.05) is 22.5 Å². The molecule has 0 aliphatic heterocycles. The van der Waals surface area contributed by atoms with Crippen LogP contribution < -0.4 is 16.0 Å². The minimum absolute atomic E-state index is 0.00801. The minimum atomic E-state index is -4.01. The van der Waals surface area contributed by atoms with Crippen molar-refractivity contribution in [1.29, 1.82) is 0 Å². The summed E-state index contributed by atoms with van der Waals surface area (Å²) in [6, 6.07) is 9.17. The van der Waals surface area contributed by atoms with E-state index in [0.717, 1.165) is 0 Å². The molecule has 0 aliphatic carbocycles. The molecule has 11 heteroatoms. The van der Waals surface area contributed by atoms with Crippen LogP contribution in [0.15, 0.2) is 52.3 Å². The highest BCUT2D eigenvalue weighted by Crippen LogP contribution is 2.37. The zero-order valence-electron chi connectivity index (χ0n) is 17.9.